The molecule has 2 saturated carbocycles. The lowest BCUT2D eigenvalue weighted by molar-refractivity contribution is 0.325. The maximum absolute atomic E-state index is 11.9. The molecule has 0 saturated heterocycles. The normalized spacial score (nSPS) is 21.5. The summed E-state index contributed by atoms with van der Waals surface area (Å²) in [5.41, 5.74) is 1.04. The monoisotopic (exact) mass is 283 g/mol. The number of nitrogens with zero attached hydrogens (tertiary/aromatic N) is 2. The highest BCUT2D eigenvalue weighted by molar-refractivity contribution is 7.93. The van der Waals surface area contributed by atoms with E-state index in [0.717, 1.165) is 31.4 Å². The van der Waals surface area contributed by atoms with Crippen molar-refractivity contribution in [3.63, 3.8) is 0 Å². The summed E-state index contributed by atoms with van der Waals surface area (Å²) in [6.45, 7) is 2.00. The molecule has 0 aliphatic heterocycles. The lowest BCUT2D eigenvalue weighted by Crippen LogP contribution is -2.19. The molecule has 1 aromatic rings. The van der Waals surface area contributed by atoms with Gasteiger partial charge in [0.05, 0.1) is 11.3 Å². The first-order valence-corrected chi connectivity index (χ1v) is 8.69. The van der Waals surface area contributed by atoms with Gasteiger partial charge in [0.15, 0.2) is 5.82 Å². The molecule has 2 aliphatic rings. The van der Waals surface area contributed by atoms with Crippen LogP contribution < -0.4 is 4.72 Å². The Kier molecular flexibility index (Phi) is 3.28. The second-order valence-corrected chi connectivity index (χ2v) is 7.71. The predicted octanol–water partition coefficient (Wildman–Crippen LogP) is 2.60. The molecule has 0 amide bonds. The highest BCUT2D eigenvalue weighted by Gasteiger charge is 2.36. The van der Waals surface area contributed by atoms with Gasteiger partial charge < -0.3 is 0 Å². The summed E-state index contributed by atoms with van der Waals surface area (Å²) >= 11 is 0. The maximum Gasteiger partial charge on any atom is 0.236 e. The number of nitrogens with one attached hydrogen (secondary N) is 1. The zero-order chi connectivity index (χ0) is 13.5. The fraction of sp³-hybridized carbons (Fsp3) is 0.769. The Morgan fingerprint density at radius 1 is 1.21 bits per heavy atom. The molecule has 6 heteroatoms. The molecule has 1 aromatic heterocycles. The Morgan fingerprint density at radius 3 is 2.53 bits per heavy atom. The summed E-state index contributed by atoms with van der Waals surface area (Å²) in [7, 11) is -3.20. The summed E-state index contributed by atoms with van der Waals surface area (Å²) in [5, 5.41) is 4.25. The smallest absolute Gasteiger partial charge is 0.236 e. The summed E-state index contributed by atoms with van der Waals surface area (Å²) in [6, 6.07) is 2.28. The minimum atomic E-state index is -3.20. The van der Waals surface area contributed by atoms with Crippen LogP contribution in [0, 0.1) is 6.92 Å². The van der Waals surface area contributed by atoms with Gasteiger partial charge in [0.1, 0.15) is 0 Å². The van der Waals surface area contributed by atoms with Crippen molar-refractivity contribution in [2.75, 3.05) is 4.72 Å². The molecule has 0 aromatic carbocycles. The van der Waals surface area contributed by atoms with Crippen LogP contribution in [0.2, 0.25) is 0 Å². The van der Waals surface area contributed by atoms with Crippen LogP contribution in [0.5, 0.6) is 0 Å². The molecule has 5 nitrogen and oxygen atoms in total. The Balaban J connectivity index is 1.76. The first-order chi connectivity index (χ1) is 9.06. The van der Waals surface area contributed by atoms with Crippen molar-refractivity contribution in [2.24, 2.45) is 0 Å². The largest absolute Gasteiger partial charge is 0.266 e. The average molecular weight is 283 g/mol. The molecule has 106 valence electrons. The van der Waals surface area contributed by atoms with Crippen molar-refractivity contribution in [3.8, 4) is 0 Å². The molecule has 0 unspecified atom stereocenters. The highest BCUT2D eigenvalue weighted by Crippen LogP contribution is 2.31. The van der Waals surface area contributed by atoms with E-state index in [0.29, 0.717) is 11.9 Å². The van der Waals surface area contributed by atoms with Gasteiger partial charge in [0.25, 0.3) is 0 Å². The quantitative estimate of drug-likeness (QED) is 0.923. The van der Waals surface area contributed by atoms with Crippen LogP contribution in [0.3, 0.4) is 0 Å². The van der Waals surface area contributed by atoms with E-state index in [1.807, 2.05) is 17.7 Å². The molecule has 2 aliphatic carbocycles. The predicted molar refractivity (Wildman–Crippen MR) is 74.7 cm³/mol. The molecule has 3 rings (SSSR count). The Hall–Kier alpha value is -1.04. The highest BCUT2D eigenvalue weighted by atomic mass is 32.2. The zero-order valence-corrected chi connectivity index (χ0v) is 12.1. The molecular formula is C13H21N3O2S. The van der Waals surface area contributed by atoms with Crippen LogP contribution in [-0.2, 0) is 10.0 Å². The van der Waals surface area contributed by atoms with E-state index in [1.54, 1.807) is 0 Å². The first kappa shape index (κ1) is 13.0. The summed E-state index contributed by atoms with van der Waals surface area (Å²) < 4.78 is 28.4. The van der Waals surface area contributed by atoms with Gasteiger partial charge in [-0.15, -0.1) is 0 Å². The topological polar surface area (TPSA) is 64.0 Å². The number of sulfonamides is 1. The van der Waals surface area contributed by atoms with Crippen molar-refractivity contribution in [1.29, 1.82) is 0 Å². The molecule has 0 spiro atoms. The third-order valence-corrected chi connectivity index (χ3v) is 5.90. The van der Waals surface area contributed by atoms with E-state index >= 15 is 0 Å². The second kappa shape index (κ2) is 4.81. The van der Waals surface area contributed by atoms with E-state index in [1.165, 1.54) is 19.3 Å². The first-order valence-electron chi connectivity index (χ1n) is 7.14. The van der Waals surface area contributed by atoms with Crippen LogP contribution in [0.15, 0.2) is 6.07 Å². The van der Waals surface area contributed by atoms with Crippen molar-refractivity contribution >= 4 is 15.8 Å². The van der Waals surface area contributed by atoms with Crippen molar-refractivity contribution in [1.82, 2.24) is 9.78 Å². The van der Waals surface area contributed by atoms with Gasteiger partial charge in [-0.3, -0.25) is 9.40 Å². The molecule has 0 atom stereocenters. The maximum atomic E-state index is 11.9. The van der Waals surface area contributed by atoms with Crippen LogP contribution >= 0.6 is 0 Å². The van der Waals surface area contributed by atoms with Gasteiger partial charge in [0, 0.05) is 11.8 Å². The van der Waals surface area contributed by atoms with Crippen LogP contribution in [-0.4, -0.2) is 23.4 Å². The van der Waals surface area contributed by atoms with Gasteiger partial charge in [-0.25, -0.2) is 8.42 Å². The number of anilines is 1. The Bertz CT molecular complexity index is 554. The van der Waals surface area contributed by atoms with E-state index in [4.69, 9.17) is 0 Å². The van der Waals surface area contributed by atoms with Crippen LogP contribution in [0.4, 0.5) is 5.82 Å². The lowest BCUT2D eigenvalue weighted by atomic mass is 9.95. The standard InChI is InChI=1S/C13H21N3O2S/c1-10-9-13(15-19(17,18)12-7-8-12)14-16(10)11-5-3-2-4-6-11/h9,11-12H,2-8H2,1H3,(H,14,15). The molecule has 1 heterocycles. The number of hydrogen-bond acceptors (Lipinski definition) is 3. The van der Waals surface area contributed by atoms with Crippen LogP contribution in [0.1, 0.15) is 56.7 Å². The van der Waals surface area contributed by atoms with Gasteiger partial charge in [0.2, 0.25) is 10.0 Å². The zero-order valence-electron chi connectivity index (χ0n) is 11.3. The van der Waals surface area contributed by atoms with Crippen molar-refractivity contribution in [2.45, 2.75) is 63.2 Å². The molecular weight excluding hydrogens is 262 g/mol. The number of hydrogen-bond donors (Lipinski definition) is 1. The van der Waals surface area contributed by atoms with Gasteiger partial charge in [-0.05, 0) is 32.6 Å². The number of rotatable bonds is 4. The minimum absolute atomic E-state index is 0.201. The summed E-state index contributed by atoms with van der Waals surface area (Å²) in [5.74, 6) is 0.481. The lowest BCUT2D eigenvalue weighted by Gasteiger charge is -2.23. The summed E-state index contributed by atoms with van der Waals surface area (Å²) in [4.78, 5) is 0. The third kappa shape index (κ3) is 2.78. The van der Waals surface area contributed by atoms with Crippen molar-refractivity contribution < 1.29 is 8.42 Å². The van der Waals surface area contributed by atoms with E-state index in [9.17, 15) is 8.42 Å². The fourth-order valence-corrected chi connectivity index (χ4v) is 4.15. The molecule has 0 bridgehead atoms. The molecule has 0 radical (unpaired) electrons. The molecule has 19 heavy (non-hydrogen) atoms. The van der Waals surface area contributed by atoms with E-state index in [-0.39, 0.29) is 5.25 Å². The number of aromatic nitrogens is 2. The minimum Gasteiger partial charge on any atom is -0.266 e. The SMILES string of the molecule is Cc1cc(NS(=O)(=O)C2CC2)nn1C1CCCCC1. The van der Waals surface area contributed by atoms with E-state index < -0.39 is 10.0 Å². The van der Waals surface area contributed by atoms with Gasteiger partial charge in [-0.1, -0.05) is 19.3 Å². The second-order valence-electron chi connectivity index (χ2n) is 5.75. The molecule has 1 N–H and O–H groups in total. The number of aryl methyl sites for hydroxylation is 1. The average Bonchev–Trinajstić information content (AvgIpc) is 3.16. The Labute approximate surface area is 114 Å². The van der Waals surface area contributed by atoms with Crippen LogP contribution in [0.25, 0.3) is 0 Å². The van der Waals surface area contributed by atoms with Gasteiger partial charge in [-0.2, -0.15) is 5.10 Å². The summed E-state index contributed by atoms with van der Waals surface area (Å²) in [6.07, 6.45) is 7.64. The van der Waals surface area contributed by atoms with Gasteiger partial charge >= 0.3 is 0 Å². The Morgan fingerprint density at radius 2 is 1.89 bits per heavy atom. The fourth-order valence-electron chi connectivity index (χ4n) is 2.84. The van der Waals surface area contributed by atoms with E-state index in [2.05, 4.69) is 9.82 Å². The third-order valence-electron chi connectivity index (χ3n) is 4.05. The molecule has 2 fully saturated rings. The van der Waals surface area contributed by atoms with Crippen molar-refractivity contribution in [3.05, 3.63) is 11.8 Å².